The molecule has 0 aliphatic heterocycles. The molecule has 0 saturated heterocycles. The molecule has 0 atom stereocenters. The first kappa shape index (κ1) is 9.91. The van der Waals surface area contributed by atoms with Crippen LogP contribution in [0.1, 0.15) is 0 Å². The molecular formula is C10H8N6S. The Balaban J connectivity index is 1.82. The van der Waals surface area contributed by atoms with Gasteiger partial charge in [0.15, 0.2) is 5.82 Å². The molecule has 0 aliphatic rings. The lowest BCUT2D eigenvalue weighted by Gasteiger charge is -1.98. The highest BCUT2D eigenvalue weighted by atomic mass is 32.1. The molecule has 0 aliphatic carbocycles. The SMILES string of the molecule is c1ccc(Nc2nc(-c3cn[nH]c3)ns2)nc1. The summed E-state index contributed by atoms with van der Waals surface area (Å²) in [5.41, 5.74) is 0.871. The molecular weight excluding hydrogens is 236 g/mol. The molecule has 2 N–H and O–H groups in total. The van der Waals surface area contributed by atoms with Crippen molar-refractivity contribution in [3.8, 4) is 11.4 Å². The van der Waals surface area contributed by atoms with Gasteiger partial charge in [-0.2, -0.15) is 14.5 Å². The molecule has 3 aromatic heterocycles. The highest BCUT2D eigenvalue weighted by Gasteiger charge is 2.07. The van der Waals surface area contributed by atoms with Crippen LogP contribution in [0.25, 0.3) is 11.4 Å². The first-order chi connectivity index (χ1) is 8.42. The van der Waals surface area contributed by atoms with Gasteiger partial charge in [0.2, 0.25) is 5.13 Å². The standard InChI is InChI=1S/C10H8N6S/c1-2-4-11-8(3-1)14-10-15-9(16-17-10)7-5-12-13-6-7/h1-6H,(H,12,13)(H,11,14,15,16). The maximum atomic E-state index is 4.34. The minimum Gasteiger partial charge on any atom is -0.315 e. The molecule has 0 amide bonds. The molecule has 0 saturated carbocycles. The highest BCUT2D eigenvalue weighted by molar-refractivity contribution is 7.09. The van der Waals surface area contributed by atoms with Gasteiger partial charge in [0.25, 0.3) is 0 Å². The van der Waals surface area contributed by atoms with Gasteiger partial charge in [-0.05, 0) is 12.1 Å². The lowest BCUT2D eigenvalue weighted by molar-refractivity contribution is 1.09. The van der Waals surface area contributed by atoms with E-state index in [1.54, 1.807) is 18.6 Å². The Hall–Kier alpha value is -2.28. The van der Waals surface area contributed by atoms with Gasteiger partial charge in [-0.1, -0.05) is 6.07 Å². The molecule has 17 heavy (non-hydrogen) atoms. The summed E-state index contributed by atoms with van der Waals surface area (Å²) >= 11 is 1.29. The smallest absolute Gasteiger partial charge is 0.208 e. The minimum atomic E-state index is 0.655. The Bertz CT molecular complexity index is 588. The molecule has 0 bridgehead atoms. The first-order valence-electron chi connectivity index (χ1n) is 4.93. The third-order valence-corrected chi connectivity index (χ3v) is 2.71. The van der Waals surface area contributed by atoms with Crippen LogP contribution in [-0.4, -0.2) is 24.5 Å². The van der Waals surface area contributed by atoms with E-state index in [1.165, 1.54) is 11.5 Å². The summed E-state index contributed by atoms with van der Waals surface area (Å²) in [6.45, 7) is 0. The number of hydrogen-bond donors (Lipinski definition) is 2. The molecule has 0 radical (unpaired) electrons. The van der Waals surface area contributed by atoms with E-state index in [0.29, 0.717) is 11.0 Å². The maximum Gasteiger partial charge on any atom is 0.208 e. The molecule has 3 rings (SSSR count). The van der Waals surface area contributed by atoms with Crippen LogP contribution in [0.3, 0.4) is 0 Å². The van der Waals surface area contributed by atoms with Crippen molar-refractivity contribution >= 4 is 22.5 Å². The normalized spacial score (nSPS) is 10.4. The molecule has 3 heterocycles. The Morgan fingerprint density at radius 2 is 2.29 bits per heavy atom. The Labute approximate surface area is 101 Å². The monoisotopic (exact) mass is 244 g/mol. The predicted octanol–water partition coefficient (Wildman–Crippen LogP) is 2.07. The van der Waals surface area contributed by atoms with Crippen LogP contribution >= 0.6 is 11.5 Å². The number of rotatable bonds is 3. The Kier molecular flexibility index (Phi) is 2.51. The Morgan fingerprint density at radius 1 is 1.29 bits per heavy atom. The zero-order chi connectivity index (χ0) is 11.5. The van der Waals surface area contributed by atoms with Gasteiger partial charge >= 0.3 is 0 Å². The summed E-state index contributed by atoms with van der Waals surface area (Å²) in [5, 5.41) is 10.4. The summed E-state index contributed by atoms with van der Waals surface area (Å²) < 4.78 is 4.24. The predicted molar refractivity (Wildman–Crippen MR) is 65.0 cm³/mol. The van der Waals surface area contributed by atoms with Crippen molar-refractivity contribution in [2.24, 2.45) is 0 Å². The summed E-state index contributed by atoms with van der Waals surface area (Å²) in [5.74, 6) is 1.41. The third-order valence-electron chi connectivity index (χ3n) is 2.08. The molecule has 0 aromatic carbocycles. The van der Waals surface area contributed by atoms with E-state index in [-0.39, 0.29) is 0 Å². The molecule has 0 unspecified atom stereocenters. The number of aromatic amines is 1. The van der Waals surface area contributed by atoms with Crippen molar-refractivity contribution in [2.75, 3.05) is 5.32 Å². The average Bonchev–Trinajstić information content (AvgIpc) is 3.00. The van der Waals surface area contributed by atoms with E-state index >= 15 is 0 Å². The first-order valence-corrected chi connectivity index (χ1v) is 5.70. The van der Waals surface area contributed by atoms with E-state index in [0.717, 1.165) is 11.4 Å². The fourth-order valence-corrected chi connectivity index (χ4v) is 1.91. The quantitative estimate of drug-likeness (QED) is 0.737. The number of pyridine rings is 1. The third kappa shape index (κ3) is 2.13. The number of H-pyrrole nitrogens is 1. The zero-order valence-electron chi connectivity index (χ0n) is 8.66. The molecule has 84 valence electrons. The van der Waals surface area contributed by atoms with E-state index in [2.05, 4.69) is 29.9 Å². The number of nitrogens with zero attached hydrogens (tertiary/aromatic N) is 4. The van der Waals surface area contributed by atoms with Crippen molar-refractivity contribution in [2.45, 2.75) is 0 Å². The Morgan fingerprint density at radius 3 is 3.06 bits per heavy atom. The minimum absolute atomic E-state index is 0.655. The van der Waals surface area contributed by atoms with Crippen LogP contribution < -0.4 is 5.32 Å². The van der Waals surface area contributed by atoms with Crippen molar-refractivity contribution in [1.29, 1.82) is 0 Å². The molecule has 3 aromatic rings. The fourth-order valence-electron chi connectivity index (χ4n) is 1.31. The van der Waals surface area contributed by atoms with Gasteiger partial charge in [-0.3, -0.25) is 5.10 Å². The second-order valence-corrected chi connectivity index (χ2v) is 4.00. The van der Waals surface area contributed by atoms with Crippen LogP contribution in [0.4, 0.5) is 10.9 Å². The molecule has 7 heteroatoms. The van der Waals surface area contributed by atoms with Gasteiger partial charge < -0.3 is 5.32 Å². The molecule has 0 fully saturated rings. The van der Waals surface area contributed by atoms with E-state index < -0.39 is 0 Å². The van der Waals surface area contributed by atoms with Crippen LogP contribution in [0, 0.1) is 0 Å². The lowest BCUT2D eigenvalue weighted by atomic mass is 10.3. The number of hydrogen-bond acceptors (Lipinski definition) is 6. The second kappa shape index (κ2) is 4.30. The van der Waals surface area contributed by atoms with Crippen molar-refractivity contribution in [1.82, 2.24) is 24.5 Å². The van der Waals surface area contributed by atoms with Crippen molar-refractivity contribution in [3.63, 3.8) is 0 Å². The van der Waals surface area contributed by atoms with Gasteiger partial charge in [0.05, 0.1) is 11.8 Å². The van der Waals surface area contributed by atoms with Crippen LogP contribution in [0.2, 0.25) is 0 Å². The largest absolute Gasteiger partial charge is 0.315 e. The average molecular weight is 244 g/mol. The van der Waals surface area contributed by atoms with Crippen LogP contribution in [-0.2, 0) is 0 Å². The van der Waals surface area contributed by atoms with Crippen LogP contribution in [0.15, 0.2) is 36.8 Å². The zero-order valence-corrected chi connectivity index (χ0v) is 9.48. The summed E-state index contributed by atoms with van der Waals surface area (Å²) in [6, 6.07) is 5.65. The van der Waals surface area contributed by atoms with Gasteiger partial charge in [0, 0.05) is 23.9 Å². The number of anilines is 2. The summed E-state index contributed by atoms with van der Waals surface area (Å²) in [7, 11) is 0. The van der Waals surface area contributed by atoms with E-state index in [4.69, 9.17) is 0 Å². The summed E-state index contributed by atoms with van der Waals surface area (Å²) in [4.78, 5) is 8.50. The van der Waals surface area contributed by atoms with E-state index in [1.807, 2.05) is 18.2 Å². The van der Waals surface area contributed by atoms with Crippen LogP contribution in [0.5, 0.6) is 0 Å². The topological polar surface area (TPSA) is 79.4 Å². The van der Waals surface area contributed by atoms with Crippen molar-refractivity contribution < 1.29 is 0 Å². The maximum absolute atomic E-state index is 4.34. The van der Waals surface area contributed by atoms with Gasteiger partial charge in [0.1, 0.15) is 5.82 Å². The number of aromatic nitrogens is 5. The molecule has 0 spiro atoms. The second-order valence-electron chi connectivity index (χ2n) is 3.25. The van der Waals surface area contributed by atoms with E-state index in [9.17, 15) is 0 Å². The fraction of sp³-hybridized carbons (Fsp3) is 0. The van der Waals surface area contributed by atoms with Crippen molar-refractivity contribution in [3.05, 3.63) is 36.8 Å². The highest BCUT2D eigenvalue weighted by Crippen LogP contribution is 2.21. The van der Waals surface area contributed by atoms with Gasteiger partial charge in [-0.15, -0.1) is 0 Å². The van der Waals surface area contributed by atoms with Gasteiger partial charge in [-0.25, -0.2) is 4.98 Å². The molecule has 6 nitrogen and oxygen atoms in total. The number of nitrogens with one attached hydrogen (secondary N) is 2. The summed E-state index contributed by atoms with van der Waals surface area (Å²) in [6.07, 6.45) is 5.17. The lowest BCUT2D eigenvalue weighted by Crippen LogP contribution is -1.91.